The van der Waals surface area contributed by atoms with Gasteiger partial charge >= 0.3 is 0 Å². The molecule has 0 aliphatic rings. The Morgan fingerprint density at radius 2 is 1.82 bits per heavy atom. The van der Waals surface area contributed by atoms with Gasteiger partial charge < -0.3 is 9.30 Å². The summed E-state index contributed by atoms with van der Waals surface area (Å²) in [7, 11) is 1.64. The molecule has 0 unspecified atom stereocenters. The van der Waals surface area contributed by atoms with Crippen LogP contribution in [0.15, 0.2) is 77.0 Å². The van der Waals surface area contributed by atoms with E-state index in [2.05, 4.69) is 45.0 Å². The van der Waals surface area contributed by atoms with Crippen molar-refractivity contribution in [1.29, 1.82) is 0 Å². The summed E-state index contributed by atoms with van der Waals surface area (Å²) < 4.78 is 7.21. The number of fused-ring (bicyclic) bond motifs is 1. The fourth-order valence-electron chi connectivity index (χ4n) is 3.42. The van der Waals surface area contributed by atoms with Gasteiger partial charge in [0, 0.05) is 12.1 Å². The monoisotopic (exact) mass is 459 g/mol. The zero-order valence-corrected chi connectivity index (χ0v) is 19.6. The number of nitrogens with one attached hydrogen (secondary N) is 1. The van der Waals surface area contributed by atoms with Crippen LogP contribution in [0.1, 0.15) is 19.4 Å². The maximum atomic E-state index is 12.4. The van der Waals surface area contributed by atoms with Crippen molar-refractivity contribution >= 4 is 34.2 Å². The first-order valence-corrected chi connectivity index (χ1v) is 11.6. The average Bonchev–Trinajstić information content (AvgIpc) is 3.28. The average molecular weight is 460 g/mol. The van der Waals surface area contributed by atoms with E-state index < -0.39 is 0 Å². The first-order valence-electron chi connectivity index (χ1n) is 10.6. The Balaban J connectivity index is 1.39. The third-order valence-electron chi connectivity index (χ3n) is 5.23. The number of methoxy groups -OCH3 is 1. The number of hydrogen-bond acceptors (Lipinski definition) is 6. The summed E-state index contributed by atoms with van der Waals surface area (Å²) in [6.45, 7) is 4.60. The van der Waals surface area contributed by atoms with Crippen LogP contribution >= 0.6 is 11.8 Å². The molecular formula is C25H25N5O2S. The van der Waals surface area contributed by atoms with Crippen molar-refractivity contribution in [1.82, 2.24) is 20.2 Å². The van der Waals surface area contributed by atoms with Crippen molar-refractivity contribution < 1.29 is 9.53 Å². The first kappa shape index (κ1) is 22.5. The molecule has 0 saturated carbocycles. The van der Waals surface area contributed by atoms with Crippen molar-refractivity contribution in [2.75, 3.05) is 12.9 Å². The molecule has 0 aliphatic heterocycles. The van der Waals surface area contributed by atoms with E-state index in [0.29, 0.717) is 11.7 Å². The Morgan fingerprint density at radius 1 is 1.06 bits per heavy atom. The van der Waals surface area contributed by atoms with E-state index >= 15 is 0 Å². The molecule has 4 aromatic rings. The molecule has 0 fully saturated rings. The minimum absolute atomic E-state index is 0.190. The van der Waals surface area contributed by atoms with Gasteiger partial charge in [-0.1, -0.05) is 48.2 Å². The van der Waals surface area contributed by atoms with Crippen LogP contribution in [0.5, 0.6) is 5.75 Å². The summed E-state index contributed by atoms with van der Waals surface area (Å²) in [5.74, 6) is 1.53. The number of hydrazone groups is 1. The third kappa shape index (κ3) is 5.23. The normalized spacial score (nSPS) is 11.5. The lowest BCUT2D eigenvalue weighted by molar-refractivity contribution is -0.118. The summed E-state index contributed by atoms with van der Waals surface area (Å²) >= 11 is 1.34. The Hall–Kier alpha value is -3.65. The number of amides is 1. The molecular weight excluding hydrogens is 434 g/mol. The minimum Gasteiger partial charge on any atom is -0.497 e. The van der Waals surface area contributed by atoms with Crippen LogP contribution in [0.2, 0.25) is 0 Å². The van der Waals surface area contributed by atoms with Gasteiger partial charge in [-0.15, -0.1) is 10.2 Å². The lowest BCUT2D eigenvalue weighted by atomic mass is 10.0. The van der Waals surface area contributed by atoms with Crippen molar-refractivity contribution in [3.05, 3.63) is 72.3 Å². The molecule has 3 aromatic carbocycles. The van der Waals surface area contributed by atoms with Crippen molar-refractivity contribution in [3.63, 3.8) is 0 Å². The zero-order chi connectivity index (χ0) is 23.2. The maximum absolute atomic E-state index is 12.4. The lowest BCUT2D eigenvalue weighted by Crippen LogP contribution is -2.21. The molecule has 7 nitrogen and oxygen atoms in total. The van der Waals surface area contributed by atoms with Crippen LogP contribution in [0.25, 0.3) is 22.2 Å². The van der Waals surface area contributed by atoms with Gasteiger partial charge in [0.1, 0.15) is 5.75 Å². The maximum Gasteiger partial charge on any atom is 0.250 e. The van der Waals surface area contributed by atoms with E-state index in [9.17, 15) is 4.79 Å². The Bertz CT molecular complexity index is 1300. The fraction of sp³-hybridized carbons (Fsp3) is 0.200. The standard InChI is InChI=1S/C25H25N5O2S/c1-4-30-24(19-11-13-22(32-3)14-12-19)28-29-25(30)33-16-23(31)27-26-17(2)20-10-9-18-7-5-6-8-21(18)15-20/h5-15H,4,16H2,1-3H3,(H,27,31)/b26-17-. The van der Waals surface area contributed by atoms with Gasteiger partial charge in [0.15, 0.2) is 11.0 Å². The van der Waals surface area contributed by atoms with Gasteiger partial charge in [0.05, 0.1) is 18.6 Å². The topological polar surface area (TPSA) is 81.4 Å². The highest BCUT2D eigenvalue weighted by Crippen LogP contribution is 2.25. The van der Waals surface area contributed by atoms with E-state index in [1.807, 2.05) is 60.9 Å². The largest absolute Gasteiger partial charge is 0.497 e. The van der Waals surface area contributed by atoms with Gasteiger partial charge in [0.2, 0.25) is 0 Å². The lowest BCUT2D eigenvalue weighted by Gasteiger charge is -2.08. The van der Waals surface area contributed by atoms with Crippen LogP contribution < -0.4 is 10.2 Å². The molecule has 1 aromatic heterocycles. The van der Waals surface area contributed by atoms with Gasteiger partial charge in [-0.25, -0.2) is 5.43 Å². The molecule has 0 saturated heterocycles. The number of carbonyl (C=O) groups excluding carboxylic acids is 1. The van der Waals surface area contributed by atoms with E-state index in [0.717, 1.165) is 33.8 Å². The Kier molecular flexibility index (Phi) is 7.04. The molecule has 0 spiro atoms. The van der Waals surface area contributed by atoms with Crippen LogP contribution in [0.3, 0.4) is 0 Å². The van der Waals surface area contributed by atoms with Gasteiger partial charge in [0.25, 0.3) is 5.91 Å². The van der Waals surface area contributed by atoms with E-state index in [1.54, 1.807) is 7.11 Å². The van der Waals surface area contributed by atoms with E-state index in [1.165, 1.54) is 17.1 Å². The van der Waals surface area contributed by atoms with Crippen LogP contribution in [-0.4, -0.2) is 39.2 Å². The fourth-order valence-corrected chi connectivity index (χ4v) is 4.22. The third-order valence-corrected chi connectivity index (χ3v) is 6.20. The summed E-state index contributed by atoms with van der Waals surface area (Å²) in [6, 6.07) is 21.9. The number of carbonyl (C=O) groups is 1. The molecule has 1 heterocycles. The van der Waals surface area contributed by atoms with Crippen LogP contribution in [-0.2, 0) is 11.3 Å². The molecule has 1 amide bonds. The molecule has 1 N–H and O–H groups in total. The van der Waals surface area contributed by atoms with E-state index in [-0.39, 0.29) is 11.7 Å². The molecule has 8 heteroatoms. The minimum atomic E-state index is -0.197. The first-order chi connectivity index (χ1) is 16.1. The second kappa shape index (κ2) is 10.3. The van der Waals surface area contributed by atoms with Crippen LogP contribution in [0.4, 0.5) is 0 Å². The van der Waals surface area contributed by atoms with Gasteiger partial charge in [-0.3, -0.25) is 4.79 Å². The quantitative estimate of drug-likeness (QED) is 0.233. The van der Waals surface area contributed by atoms with Gasteiger partial charge in [-0.2, -0.15) is 5.10 Å². The van der Waals surface area contributed by atoms with Crippen LogP contribution in [0, 0.1) is 0 Å². The molecule has 0 radical (unpaired) electrons. The second-order valence-electron chi connectivity index (χ2n) is 7.36. The summed E-state index contributed by atoms with van der Waals surface area (Å²) in [5, 5.41) is 15.9. The summed E-state index contributed by atoms with van der Waals surface area (Å²) in [5.41, 5.74) is 5.30. The molecule has 0 bridgehead atoms. The number of thioether (sulfide) groups is 1. The second-order valence-corrected chi connectivity index (χ2v) is 8.30. The number of nitrogens with zero attached hydrogens (tertiary/aromatic N) is 4. The van der Waals surface area contributed by atoms with Gasteiger partial charge in [-0.05, 0) is 60.5 Å². The number of rotatable bonds is 8. The highest BCUT2D eigenvalue weighted by Gasteiger charge is 2.14. The smallest absolute Gasteiger partial charge is 0.250 e. The molecule has 33 heavy (non-hydrogen) atoms. The molecule has 0 aliphatic carbocycles. The number of benzene rings is 3. The highest BCUT2D eigenvalue weighted by atomic mass is 32.2. The predicted molar refractivity (Wildman–Crippen MR) is 133 cm³/mol. The van der Waals surface area contributed by atoms with Crippen molar-refractivity contribution in [2.24, 2.45) is 5.10 Å². The number of hydrogen-bond donors (Lipinski definition) is 1. The Labute approximate surface area is 196 Å². The molecule has 168 valence electrons. The number of ether oxygens (including phenoxy) is 1. The molecule has 4 rings (SSSR count). The summed E-state index contributed by atoms with van der Waals surface area (Å²) in [4.78, 5) is 12.4. The Morgan fingerprint density at radius 3 is 2.55 bits per heavy atom. The number of aromatic nitrogens is 3. The van der Waals surface area contributed by atoms with E-state index in [4.69, 9.17) is 4.74 Å². The predicted octanol–water partition coefficient (Wildman–Crippen LogP) is 4.76. The highest BCUT2D eigenvalue weighted by molar-refractivity contribution is 7.99. The van der Waals surface area contributed by atoms with Crippen molar-refractivity contribution in [2.45, 2.75) is 25.5 Å². The SMILES string of the molecule is CCn1c(SCC(=O)N/N=C(/C)c2ccc3ccccc3c2)nnc1-c1ccc(OC)cc1. The summed E-state index contributed by atoms with van der Waals surface area (Å²) in [6.07, 6.45) is 0. The zero-order valence-electron chi connectivity index (χ0n) is 18.8. The van der Waals surface area contributed by atoms with Crippen molar-refractivity contribution in [3.8, 4) is 17.1 Å². The molecule has 0 atom stereocenters.